The van der Waals surface area contributed by atoms with Crippen LogP contribution in [0.5, 0.6) is 11.5 Å². The van der Waals surface area contributed by atoms with Crippen molar-refractivity contribution in [1.29, 1.82) is 0 Å². The molecule has 2 N–H and O–H groups in total. The highest BCUT2D eigenvalue weighted by molar-refractivity contribution is 7.89. The first-order valence-electron chi connectivity index (χ1n) is 10.7. The maximum Gasteiger partial charge on any atom is 0.321 e. The van der Waals surface area contributed by atoms with Gasteiger partial charge in [0.15, 0.2) is 11.5 Å². The van der Waals surface area contributed by atoms with E-state index in [1.807, 2.05) is 0 Å². The number of methoxy groups -OCH3 is 2. The van der Waals surface area contributed by atoms with Crippen LogP contribution in [0.3, 0.4) is 0 Å². The molecule has 2 saturated heterocycles. The van der Waals surface area contributed by atoms with E-state index in [1.165, 1.54) is 30.7 Å². The Morgan fingerprint density at radius 3 is 2.35 bits per heavy atom. The molecule has 2 aliphatic heterocycles. The van der Waals surface area contributed by atoms with Crippen molar-refractivity contribution in [3.05, 3.63) is 42.0 Å². The first-order valence-corrected chi connectivity index (χ1v) is 12.1. The molecule has 0 spiro atoms. The van der Waals surface area contributed by atoms with Crippen LogP contribution in [0.1, 0.15) is 10.4 Å². The fourth-order valence-electron chi connectivity index (χ4n) is 3.83. The van der Waals surface area contributed by atoms with Crippen molar-refractivity contribution >= 4 is 33.3 Å². The number of benzene rings is 2. The fraction of sp³-hybridized carbons (Fsp3) is 0.364. The Hall–Kier alpha value is -3.35. The lowest BCUT2D eigenvalue weighted by Crippen LogP contribution is -2.40. The largest absolute Gasteiger partial charge is 0.493 e. The summed E-state index contributed by atoms with van der Waals surface area (Å²) in [6.45, 7) is 2.18. The Morgan fingerprint density at radius 2 is 1.76 bits per heavy atom. The molecule has 0 unspecified atom stereocenters. The molecular formula is C22H26N4O7S. The third-order valence-electron chi connectivity index (χ3n) is 5.60. The van der Waals surface area contributed by atoms with E-state index in [-0.39, 0.29) is 41.1 Å². The lowest BCUT2D eigenvalue weighted by Gasteiger charge is -2.26. The molecule has 11 nitrogen and oxygen atoms in total. The van der Waals surface area contributed by atoms with Crippen molar-refractivity contribution < 1.29 is 32.2 Å². The quantitative estimate of drug-likeness (QED) is 0.602. The second kappa shape index (κ2) is 9.87. The van der Waals surface area contributed by atoms with Crippen molar-refractivity contribution in [2.24, 2.45) is 0 Å². The second-order valence-corrected chi connectivity index (χ2v) is 9.55. The zero-order valence-corrected chi connectivity index (χ0v) is 19.7. The van der Waals surface area contributed by atoms with E-state index < -0.39 is 15.9 Å². The predicted molar refractivity (Wildman–Crippen MR) is 124 cm³/mol. The maximum absolute atomic E-state index is 13.2. The molecule has 182 valence electrons. The number of sulfonamides is 1. The highest BCUT2D eigenvalue weighted by atomic mass is 32.2. The molecule has 0 atom stereocenters. The van der Waals surface area contributed by atoms with Gasteiger partial charge in [-0.25, -0.2) is 13.2 Å². The van der Waals surface area contributed by atoms with Gasteiger partial charge in [0.1, 0.15) is 0 Å². The SMILES string of the molecule is COc1cc(S(=O)(=O)N2CCOCC2)cc(C(=O)Nc2ccc(N3CCNC3=O)cc2)c1OC. The lowest BCUT2D eigenvalue weighted by atomic mass is 10.1. The molecule has 2 aromatic carbocycles. The summed E-state index contributed by atoms with van der Waals surface area (Å²) in [6.07, 6.45) is 0. The smallest absolute Gasteiger partial charge is 0.321 e. The number of hydrogen-bond acceptors (Lipinski definition) is 7. The summed E-state index contributed by atoms with van der Waals surface area (Å²) in [7, 11) is -1.13. The Morgan fingerprint density at radius 1 is 1.06 bits per heavy atom. The standard InChI is InChI=1S/C22H26N4O7S/c1-31-19-14-17(34(29,30)25-9-11-33-12-10-25)13-18(20(19)32-2)21(27)24-15-3-5-16(6-4-15)26-8-7-23-22(26)28/h3-6,13-14H,7-12H2,1-2H3,(H,23,28)(H,24,27). The number of urea groups is 1. The lowest BCUT2D eigenvalue weighted by molar-refractivity contribution is 0.0730. The number of hydrogen-bond donors (Lipinski definition) is 2. The molecule has 3 amide bonds. The molecule has 2 heterocycles. The van der Waals surface area contributed by atoms with Crippen LogP contribution >= 0.6 is 0 Å². The van der Waals surface area contributed by atoms with E-state index in [4.69, 9.17) is 14.2 Å². The summed E-state index contributed by atoms with van der Waals surface area (Å²) in [6, 6.07) is 9.22. The van der Waals surface area contributed by atoms with Crippen molar-refractivity contribution in [3.63, 3.8) is 0 Å². The number of carbonyl (C=O) groups excluding carboxylic acids is 2. The zero-order chi connectivity index (χ0) is 24.3. The molecule has 0 bridgehead atoms. The van der Waals surface area contributed by atoms with E-state index in [9.17, 15) is 18.0 Å². The van der Waals surface area contributed by atoms with Crippen molar-refractivity contribution in [2.75, 3.05) is 63.8 Å². The van der Waals surface area contributed by atoms with Crippen LogP contribution < -0.4 is 25.0 Å². The van der Waals surface area contributed by atoms with Crippen LogP contribution in [0, 0.1) is 0 Å². The van der Waals surface area contributed by atoms with Gasteiger partial charge in [-0.1, -0.05) is 0 Å². The predicted octanol–water partition coefficient (Wildman–Crippen LogP) is 1.51. The van der Waals surface area contributed by atoms with E-state index in [0.29, 0.717) is 37.7 Å². The molecule has 2 fully saturated rings. The first kappa shape index (κ1) is 23.8. The van der Waals surface area contributed by atoms with E-state index in [0.717, 1.165) is 0 Å². The van der Waals surface area contributed by atoms with Gasteiger partial charge in [0.25, 0.3) is 5.91 Å². The molecule has 0 aromatic heterocycles. The Kier molecular flexibility index (Phi) is 6.91. The number of nitrogens with zero attached hydrogens (tertiary/aromatic N) is 2. The van der Waals surface area contributed by atoms with Crippen LogP contribution in [0.2, 0.25) is 0 Å². The minimum atomic E-state index is -3.87. The molecule has 2 aromatic rings. The average molecular weight is 491 g/mol. The summed E-state index contributed by atoms with van der Waals surface area (Å²) in [4.78, 5) is 26.5. The number of amides is 3. The van der Waals surface area contributed by atoms with Crippen LogP contribution in [-0.4, -0.2) is 78.3 Å². The van der Waals surface area contributed by atoms with Gasteiger partial charge in [-0.3, -0.25) is 9.69 Å². The van der Waals surface area contributed by atoms with Gasteiger partial charge in [-0.2, -0.15) is 4.31 Å². The maximum atomic E-state index is 13.2. The fourth-order valence-corrected chi connectivity index (χ4v) is 5.28. The average Bonchev–Trinajstić information content (AvgIpc) is 3.29. The summed E-state index contributed by atoms with van der Waals surface area (Å²) in [5.74, 6) is -0.329. The number of nitrogens with one attached hydrogen (secondary N) is 2. The van der Waals surface area contributed by atoms with Crippen LogP contribution in [-0.2, 0) is 14.8 Å². The number of carbonyl (C=O) groups is 2. The summed E-state index contributed by atoms with van der Waals surface area (Å²) < 4.78 is 43.6. The van der Waals surface area contributed by atoms with Gasteiger partial charge in [0.05, 0.1) is 37.9 Å². The number of anilines is 2. The van der Waals surface area contributed by atoms with Crippen LogP contribution in [0.25, 0.3) is 0 Å². The Balaban J connectivity index is 1.62. The van der Waals surface area contributed by atoms with Gasteiger partial charge in [0, 0.05) is 43.6 Å². The van der Waals surface area contributed by atoms with Gasteiger partial charge in [-0.05, 0) is 30.3 Å². The second-order valence-electron chi connectivity index (χ2n) is 7.61. The Bertz CT molecular complexity index is 1180. The normalized spacial score (nSPS) is 16.8. The first-order chi connectivity index (χ1) is 16.3. The highest BCUT2D eigenvalue weighted by Gasteiger charge is 2.30. The van der Waals surface area contributed by atoms with E-state index in [1.54, 1.807) is 29.2 Å². The molecule has 34 heavy (non-hydrogen) atoms. The van der Waals surface area contributed by atoms with Gasteiger partial charge in [-0.15, -0.1) is 0 Å². The summed E-state index contributed by atoms with van der Waals surface area (Å²) in [5.41, 5.74) is 1.18. The molecule has 12 heteroatoms. The monoisotopic (exact) mass is 490 g/mol. The van der Waals surface area contributed by atoms with Gasteiger partial charge >= 0.3 is 6.03 Å². The third-order valence-corrected chi connectivity index (χ3v) is 7.47. The van der Waals surface area contributed by atoms with Crippen molar-refractivity contribution in [3.8, 4) is 11.5 Å². The minimum Gasteiger partial charge on any atom is -0.493 e. The molecule has 0 saturated carbocycles. The number of rotatable bonds is 7. The summed E-state index contributed by atoms with van der Waals surface area (Å²) >= 11 is 0. The minimum absolute atomic E-state index is 0.0108. The topological polar surface area (TPSA) is 127 Å². The molecule has 2 aliphatic rings. The van der Waals surface area contributed by atoms with Gasteiger partial charge in [0.2, 0.25) is 10.0 Å². The van der Waals surface area contributed by atoms with Gasteiger partial charge < -0.3 is 24.8 Å². The number of morpholine rings is 1. The van der Waals surface area contributed by atoms with E-state index >= 15 is 0 Å². The number of ether oxygens (including phenoxy) is 3. The molecule has 0 radical (unpaired) electrons. The zero-order valence-electron chi connectivity index (χ0n) is 18.9. The van der Waals surface area contributed by atoms with Crippen molar-refractivity contribution in [1.82, 2.24) is 9.62 Å². The molecular weight excluding hydrogens is 464 g/mol. The molecule has 0 aliphatic carbocycles. The summed E-state index contributed by atoms with van der Waals surface area (Å²) in [5, 5.41) is 5.48. The third kappa shape index (κ3) is 4.65. The van der Waals surface area contributed by atoms with Crippen molar-refractivity contribution in [2.45, 2.75) is 4.90 Å². The Labute approximate surface area is 197 Å². The van der Waals surface area contributed by atoms with Crippen LogP contribution in [0.4, 0.5) is 16.2 Å². The van der Waals surface area contributed by atoms with E-state index in [2.05, 4.69) is 10.6 Å². The van der Waals surface area contributed by atoms with Crippen LogP contribution in [0.15, 0.2) is 41.3 Å². The molecule has 4 rings (SSSR count). The highest BCUT2D eigenvalue weighted by Crippen LogP contribution is 2.36.